The molecule has 0 saturated heterocycles. The molecule has 0 rings (SSSR count). The first kappa shape index (κ1) is 32.8. The molecule has 0 aromatic carbocycles. The highest BCUT2D eigenvalue weighted by molar-refractivity contribution is 5.97. The van der Waals surface area contributed by atoms with Crippen LogP contribution in [0.5, 0.6) is 0 Å². The van der Waals surface area contributed by atoms with Crippen molar-refractivity contribution in [3.8, 4) is 0 Å². The van der Waals surface area contributed by atoms with Gasteiger partial charge in [-0.2, -0.15) is 0 Å². The Bertz CT molecular complexity index is 921. The number of rotatable bonds is 15. The van der Waals surface area contributed by atoms with E-state index in [0.717, 1.165) is 13.8 Å². The molecule has 37 heavy (non-hydrogen) atoms. The fraction of sp³-hybridized carbons (Fsp3) is 0.619. The highest BCUT2D eigenvalue weighted by atomic mass is 16.4. The third kappa shape index (κ3) is 12.3. The molecule has 5 amide bonds. The van der Waals surface area contributed by atoms with Gasteiger partial charge in [0.2, 0.25) is 29.5 Å². The molecule has 0 aromatic heterocycles. The molecule has 0 spiro atoms. The second-order valence-electron chi connectivity index (χ2n) is 8.48. The molecule has 0 unspecified atom stereocenters. The predicted molar refractivity (Wildman–Crippen MR) is 116 cm³/mol. The maximum atomic E-state index is 12.7. The van der Waals surface area contributed by atoms with Crippen molar-refractivity contribution in [1.82, 2.24) is 26.6 Å². The summed E-state index contributed by atoms with van der Waals surface area (Å²) in [5, 5.41) is 43.5. The highest BCUT2D eigenvalue weighted by Gasteiger charge is 2.31. The minimum Gasteiger partial charge on any atom is -0.550 e. The molecule has 16 nitrogen and oxygen atoms in total. The summed E-state index contributed by atoms with van der Waals surface area (Å²) in [5.74, 6) is -10.5. The van der Waals surface area contributed by atoms with Crippen LogP contribution in [0.15, 0.2) is 0 Å². The van der Waals surface area contributed by atoms with E-state index >= 15 is 0 Å². The molecule has 0 radical (unpaired) electrons. The molecule has 0 aromatic rings. The van der Waals surface area contributed by atoms with Gasteiger partial charge in [0.1, 0.15) is 24.2 Å². The van der Waals surface area contributed by atoms with Crippen molar-refractivity contribution in [3.05, 3.63) is 0 Å². The number of nitrogens with one attached hydrogen (secondary N) is 5. The van der Waals surface area contributed by atoms with Gasteiger partial charge in [0.05, 0.1) is 12.0 Å². The van der Waals surface area contributed by atoms with E-state index in [1.165, 1.54) is 20.8 Å². The van der Waals surface area contributed by atoms with Gasteiger partial charge in [-0.25, -0.2) is 0 Å². The minimum atomic E-state index is -1.92. The van der Waals surface area contributed by atoms with Crippen LogP contribution in [0, 0.1) is 5.92 Å². The lowest BCUT2D eigenvalue weighted by Gasteiger charge is -2.28. The van der Waals surface area contributed by atoms with E-state index in [-0.39, 0.29) is 0 Å². The van der Waals surface area contributed by atoms with Gasteiger partial charge in [0.25, 0.3) is 0 Å². The van der Waals surface area contributed by atoms with Crippen LogP contribution in [0.3, 0.4) is 0 Å². The van der Waals surface area contributed by atoms with Crippen LogP contribution in [0.1, 0.15) is 47.5 Å². The zero-order chi connectivity index (χ0) is 29.0. The zero-order valence-corrected chi connectivity index (χ0v) is 20.9. The van der Waals surface area contributed by atoms with Gasteiger partial charge in [-0.15, -0.1) is 0 Å². The van der Waals surface area contributed by atoms with Crippen molar-refractivity contribution in [3.63, 3.8) is 0 Å². The van der Waals surface area contributed by atoms with Gasteiger partial charge >= 0.3 is 0 Å². The first-order chi connectivity index (χ1) is 17.0. The van der Waals surface area contributed by atoms with Crippen molar-refractivity contribution in [1.29, 1.82) is 0 Å². The van der Waals surface area contributed by atoms with E-state index in [1.807, 2.05) is 5.32 Å². The Morgan fingerprint density at radius 2 is 1.00 bits per heavy atom. The summed E-state index contributed by atoms with van der Waals surface area (Å²) in [5.41, 5.74) is 0. The van der Waals surface area contributed by atoms with Gasteiger partial charge < -0.3 is 56.3 Å². The number of carboxylic acid groups (broad SMARTS) is 3. The standard InChI is InChI=1S/C21H33N5O11/c1-8(2)16(20(35)23-10(4)18(33)25-13(21(36)37)7-15(30)31)26-19(34)12(6-14(28)29)24-17(32)9(3)22-11(5)27/h8-10,12-13,16H,6-7H2,1-5H3,(H,22,27)(H,23,35)(H,24,32)(H,25,33)(H,26,34)(H,28,29)(H,30,31)(H,36,37)/p-3/t9-,10-,12-,13-,16-/m0/s1. The molecule has 16 heteroatoms. The second-order valence-corrected chi connectivity index (χ2v) is 8.48. The summed E-state index contributed by atoms with van der Waals surface area (Å²) >= 11 is 0. The van der Waals surface area contributed by atoms with E-state index in [0.29, 0.717) is 0 Å². The van der Waals surface area contributed by atoms with E-state index in [2.05, 4.69) is 21.3 Å². The van der Waals surface area contributed by atoms with Gasteiger partial charge in [-0.05, 0) is 19.8 Å². The van der Waals surface area contributed by atoms with Crippen molar-refractivity contribution >= 4 is 47.4 Å². The lowest BCUT2D eigenvalue weighted by Crippen LogP contribution is -2.60. The Hall–Kier alpha value is -4.24. The van der Waals surface area contributed by atoms with Crippen molar-refractivity contribution in [2.24, 2.45) is 5.92 Å². The quantitative estimate of drug-likeness (QED) is 0.133. The molecule has 208 valence electrons. The van der Waals surface area contributed by atoms with Crippen molar-refractivity contribution in [2.45, 2.75) is 77.7 Å². The molecule has 0 aliphatic heterocycles. The SMILES string of the molecule is CC(=O)N[C@@H](C)C(=O)N[C@@H](CC(=O)[O-])C(=O)N[C@H](C(=O)N[C@@H](C)C(=O)N[C@@H](CC(=O)[O-])C(=O)[O-])C(C)C. The zero-order valence-electron chi connectivity index (χ0n) is 20.9. The Balaban J connectivity index is 5.45. The topological polar surface area (TPSA) is 266 Å². The number of carbonyl (C=O) groups is 8. The first-order valence-corrected chi connectivity index (χ1v) is 11.0. The number of carbonyl (C=O) groups excluding carboxylic acids is 8. The van der Waals surface area contributed by atoms with E-state index in [9.17, 15) is 53.7 Å². The molecule has 0 fully saturated rings. The Morgan fingerprint density at radius 3 is 1.41 bits per heavy atom. The van der Waals surface area contributed by atoms with Crippen LogP contribution in [-0.4, -0.2) is 77.7 Å². The van der Waals surface area contributed by atoms with Crippen LogP contribution in [-0.2, 0) is 38.4 Å². The fourth-order valence-electron chi connectivity index (χ4n) is 2.86. The number of hydrogen-bond donors (Lipinski definition) is 5. The predicted octanol–water partition coefficient (Wildman–Crippen LogP) is -6.84. The monoisotopic (exact) mass is 528 g/mol. The van der Waals surface area contributed by atoms with Gasteiger partial charge in [-0.3, -0.25) is 24.0 Å². The summed E-state index contributed by atoms with van der Waals surface area (Å²) in [6, 6.07) is -7.47. The maximum Gasteiger partial charge on any atom is 0.243 e. The number of amides is 5. The molecule has 0 aliphatic rings. The van der Waals surface area contributed by atoms with Crippen LogP contribution in [0.25, 0.3) is 0 Å². The second kappa shape index (κ2) is 15.0. The van der Waals surface area contributed by atoms with Gasteiger partial charge in [-0.1, -0.05) is 13.8 Å². The molecule has 0 heterocycles. The molecule has 0 saturated carbocycles. The van der Waals surface area contributed by atoms with E-state index < -0.39 is 96.4 Å². The van der Waals surface area contributed by atoms with E-state index in [1.54, 1.807) is 0 Å². The van der Waals surface area contributed by atoms with Crippen molar-refractivity contribution < 1.29 is 53.7 Å². The number of carboxylic acids is 3. The fourth-order valence-corrected chi connectivity index (χ4v) is 2.86. The first-order valence-electron chi connectivity index (χ1n) is 11.0. The molecular weight excluding hydrogens is 498 g/mol. The Morgan fingerprint density at radius 1 is 0.568 bits per heavy atom. The normalized spacial score (nSPS) is 14.6. The molecule has 0 bridgehead atoms. The summed E-state index contributed by atoms with van der Waals surface area (Å²) in [4.78, 5) is 93.7. The minimum absolute atomic E-state index is 0.552. The Labute approximate surface area is 211 Å². The molecule has 5 atom stereocenters. The highest BCUT2D eigenvalue weighted by Crippen LogP contribution is 2.05. The third-order valence-electron chi connectivity index (χ3n) is 4.79. The summed E-state index contributed by atoms with van der Waals surface area (Å²) < 4.78 is 0. The van der Waals surface area contributed by atoms with Crippen LogP contribution in [0.4, 0.5) is 0 Å². The van der Waals surface area contributed by atoms with Crippen molar-refractivity contribution in [2.75, 3.05) is 0 Å². The average Bonchev–Trinajstić information content (AvgIpc) is 2.74. The van der Waals surface area contributed by atoms with Crippen LogP contribution < -0.4 is 41.9 Å². The maximum absolute atomic E-state index is 12.7. The lowest BCUT2D eigenvalue weighted by atomic mass is 10.0. The number of aliphatic carboxylic acids is 3. The Kier molecular flexibility index (Phi) is 13.3. The largest absolute Gasteiger partial charge is 0.550 e. The van der Waals surface area contributed by atoms with Gasteiger partial charge in [0.15, 0.2) is 0 Å². The molecular formula is C21H30N5O11-3. The third-order valence-corrected chi connectivity index (χ3v) is 4.79. The average molecular weight is 528 g/mol. The van der Waals surface area contributed by atoms with Gasteiger partial charge in [0, 0.05) is 31.7 Å². The molecule has 0 aliphatic carbocycles. The smallest absolute Gasteiger partial charge is 0.243 e. The summed E-state index contributed by atoms with van der Waals surface area (Å²) in [6.45, 7) is 6.60. The van der Waals surface area contributed by atoms with Crippen LogP contribution >= 0.6 is 0 Å². The summed E-state index contributed by atoms with van der Waals surface area (Å²) in [7, 11) is 0. The van der Waals surface area contributed by atoms with E-state index in [4.69, 9.17) is 0 Å². The summed E-state index contributed by atoms with van der Waals surface area (Å²) in [6.07, 6.45) is -2.04. The number of hydrogen-bond acceptors (Lipinski definition) is 11. The molecule has 5 N–H and O–H groups in total. The van der Waals surface area contributed by atoms with Crippen LogP contribution in [0.2, 0.25) is 0 Å². The lowest BCUT2D eigenvalue weighted by molar-refractivity contribution is -0.317.